The first-order chi connectivity index (χ1) is 6.28. The monoisotopic (exact) mass is 196 g/mol. The lowest BCUT2D eigenvalue weighted by molar-refractivity contribution is -0.137. The number of allylic oxidation sites excluding steroid dienone is 1. The largest absolute Gasteiger partial charge is 0.466 e. The van der Waals surface area contributed by atoms with Crippen molar-refractivity contribution in [2.75, 3.05) is 7.11 Å². The van der Waals surface area contributed by atoms with E-state index in [0.29, 0.717) is 5.41 Å². The number of ether oxygens (including phenoxy) is 1. The molecule has 0 heterocycles. The van der Waals surface area contributed by atoms with Crippen LogP contribution >= 0.6 is 0 Å². The van der Waals surface area contributed by atoms with Gasteiger partial charge in [0.1, 0.15) is 0 Å². The summed E-state index contributed by atoms with van der Waals surface area (Å²) in [4.78, 5) is 11.5. The highest BCUT2D eigenvalue weighted by molar-refractivity contribution is 5.90. The Hall–Kier alpha value is -0.790. The molecule has 0 amide bonds. The van der Waals surface area contributed by atoms with Gasteiger partial charge in [0.05, 0.1) is 7.11 Å². The van der Waals surface area contributed by atoms with Crippen molar-refractivity contribution in [1.82, 2.24) is 0 Å². The highest BCUT2D eigenvalue weighted by atomic mass is 16.5. The summed E-state index contributed by atoms with van der Waals surface area (Å²) in [6.45, 7) is 8.69. The van der Waals surface area contributed by atoms with E-state index in [1.807, 2.05) is 6.08 Å². The van der Waals surface area contributed by atoms with Gasteiger partial charge in [-0.25, -0.2) is 4.79 Å². The summed E-state index contributed by atoms with van der Waals surface area (Å²) in [5.74, 6) is -0.175. The van der Waals surface area contributed by atoms with Crippen molar-refractivity contribution in [3.63, 3.8) is 0 Å². The van der Waals surface area contributed by atoms with E-state index in [1.54, 1.807) is 0 Å². The highest BCUT2D eigenvalue weighted by Crippen LogP contribution is 2.45. The molecular weight excluding hydrogens is 176 g/mol. The fourth-order valence-corrected chi connectivity index (χ4v) is 2.49. The lowest BCUT2D eigenvalue weighted by atomic mass is 9.65. The number of methoxy groups -OCH3 is 1. The molecule has 80 valence electrons. The summed E-state index contributed by atoms with van der Waals surface area (Å²) < 4.78 is 4.79. The molecule has 0 radical (unpaired) electrons. The number of hydrogen-bond donors (Lipinski definition) is 0. The zero-order valence-corrected chi connectivity index (χ0v) is 9.81. The van der Waals surface area contributed by atoms with E-state index >= 15 is 0 Å². The molecule has 0 aliphatic heterocycles. The molecule has 0 saturated carbocycles. The van der Waals surface area contributed by atoms with Crippen molar-refractivity contribution in [3.8, 4) is 0 Å². The molecule has 0 atom stereocenters. The second-order valence-corrected chi connectivity index (χ2v) is 5.54. The van der Waals surface area contributed by atoms with Crippen molar-refractivity contribution in [3.05, 3.63) is 11.6 Å². The van der Waals surface area contributed by atoms with Gasteiger partial charge in [0, 0.05) is 5.57 Å². The van der Waals surface area contributed by atoms with E-state index in [-0.39, 0.29) is 11.4 Å². The van der Waals surface area contributed by atoms with Crippen LogP contribution in [0.2, 0.25) is 0 Å². The number of carbonyl (C=O) groups is 1. The summed E-state index contributed by atoms with van der Waals surface area (Å²) in [6.07, 6.45) is 4.02. The maximum absolute atomic E-state index is 11.5. The SMILES string of the molecule is COC(=O)C1=CCC(C)(C)CC1(C)C. The van der Waals surface area contributed by atoms with Crippen molar-refractivity contribution in [2.45, 2.75) is 40.5 Å². The van der Waals surface area contributed by atoms with Gasteiger partial charge in [-0.3, -0.25) is 0 Å². The molecule has 0 aromatic rings. The van der Waals surface area contributed by atoms with Crippen molar-refractivity contribution in [2.24, 2.45) is 10.8 Å². The van der Waals surface area contributed by atoms with Crippen LogP contribution in [-0.2, 0) is 9.53 Å². The lowest BCUT2D eigenvalue weighted by Gasteiger charge is -2.39. The molecule has 0 bridgehead atoms. The fraction of sp³-hybridized carbons (Fsp3) is 0.750. The fourth-order valence-electron chi connectivity index (χ4n) is 2.49. The first kappa shape index (κ1) is 11.3. The molecule has 1 rings (SSSR count). The predicted molar refractivity (Wildman–Crippen MR) is 56.9 cm³/mol. The normalized spacial score (nSPS) is 23.9. The van der Waals surface area contributed by atoms with Gasteiger partial charge in [0.15, 0.2) is 0 Å². The van der Waals surface area contributed by atoms with Crippen LogP contribution in [0.4, 0.5) is 0 Å². The summed E-state index contributed by atoms with van der Waals surface area (Å²) in [5.41, 5.74) is 1.06. The zero-order chi connectivity index (χ0) is 11.0. The summed E-state index contributed by atoms with van der Waals surface area (Å²) >= 11 is 0. The minimum absolute atomic E-state index is 0.0607. The molecule has 0 saturated heterocycles. The van der Waals surface area contributed by atoms with E-state index in [0.717, 1.165) is 18.4 Å². The predicted octanol–water partition coefficient (Wildman–Crippen LogP) is 2.93. The number of esters is 1. The molecule has 0 N–H and O–H groups in total. The van der Waals surface area contributed by atoms with E-state index < -0.39 is 0 Å². The topological polar surface area (TPSA) is 26.3 Å². The Morgan fingerprint density at radius 1 is 1.36 bits per heavy atom. The molecule has 1 aliphatic carbocycles. The molecule has 1 aliphatic rings. The molecule has 2 nitrogen and oxygen atoms in total. The van der Waals surface area contributed by atoms with Gasteiger partial charge in [-0.05, 0) is 23.7 Å². The molecule has 14 heavy (non-hydrogen) atoms. The van der Waals surface area contributed by atoms with Crippen LogP contribution in [0.5, 0.6) is 0 Å². The van der Waals surface area contributed by atoms with Gasteiger partial charge < -0.3 is 4.74 Å². The molecular formula is C12H20O2. The lowest BCUT2D eigenvalue weighted by Crippen LogP contribution is -2.32. The molecule has 0 fully saturated rings. The molecule has 0 unspecified atom stereocenters. The first-order valence-electron chi connectivity index (χ1n) is 5.07. The average molecular weight is 196 g/mol. The third kappa shape index (κ3) is 2.17. The van der Waals surface area contributed by atoms with E-state index in [9.17, 15) is 4.79 Å². The van der Waals surface area contributed by atoms with E-state index in [1.165, 1.54) is 7.11 Å². The maximum Gasteiger partial charge on any atom is 0.333 e. The third-order valence-corrected chi connectivity index (χ3v) is 2.91. The van der Waals surface area contributed by atoms with Crippen LogP contribution in [0.3, 0.4) is 0 Å². The summed E-state index contributed by atoms with van der Waals surface area (Å²) in [7, 11) is 1.44. The second kappa shape index (κ2) is 3.41. The summed E-state index contributed by atoms with van der Waals surface area (Å²) in [6, 6.07) is 0. The van der Waals surface area contributed by atoms with Crippen molar-refractivity contribution < 1.29 is 9.53 Å². The van der Waals surface area contributed by atoms with E-state index in [2.05, 4.69) is 27.7 Å². The van der Waals surface area contributed by atoms with Crippen LogP contribution in [0.25, 0.3) is 0 Å². The average Bonchev–Trinajstić information content (AvgIpc) is 1.99. The van der Waals surface area contributed by atoms with Gasteiger partial charge in [0.25, 0.3) is 0 Å². The Morgan fingerprint density at radius 3 is 2.36 bits per heavy atom. The standard InChI is InChI=1S/C12H20O2/c1-11(2)7-6-9(10(13)14-5)12(3,4)8-11/h6H,7-8H2,1-5H3. The number of rotatable bonds is 1. The molecule has 0 aromatic carbocycles. The van der Waals surface area contributed by atoms with E-state index in [4.69, 9.17) is 4.74 Å². The van der Waals surface area contributed by atoms with Crippen molar-refractivity contribution >= 4 is 5.97 Å². The van der Waals surface area contributed by atoms with Gasteiger partial charge >= 0.3 is 5.97 Å². The number of hydrogen-bond acceptors (Lipinski definition) is 2. The zero-order valence-electron chi connectivity index (χ0n) is 9.81. The number of carbonyl (C=O) groups excluding carboxylic acids is 1. The minimum atomic E-state index is -0.175. The molecule has 0 aromatic heterocycles. The van der Waals surface area contributed by atoms with Gasteiger partial charge in [-0.15, -0.1) is 0 Å². The molecule has 0 spiro atoms. The van der Waals surface area contributed by atoms with Gasteiger partial charge in [-0.1, -0.05) is 33.8 Å². The molecule has 2 heteroatoms. The first-order valence-corrected chi connectivity index (χ1v) is 5.07. The second-order valence-electron chi connectivity index (χ2n) is 5.54. The Kier molecular flexibility index (Phi) is 2.75. The van der Waals surface area contributed by atoms with Crippen LogP contribution in [0, 0.1) is 10.8 Å². The Labute approximate surface area is 86.3 Å². The Morgan fingerprint density at radius 2 is 1.93 bits per heavy atom. The van der Waals surface area contributed by atoms with Gasteiger partial charge in [-0.2, -0.15) is 0 Å². The maximum atomic E-state index is 11.5. The van der Waals surface area contributed by atoms with Crippen LogP contribution in [-0.4, -0.2) is 13.1 Å². The van der Waals surface area contributed by atoms with Crippen LogP contribution in [0.15, 0.2) is 11.6 Å². The van der Waals surface area contributed by atoms with Crippen molar-refractivity contribution in [1.29, 1.82) is 0 Å². The third-order valence-electron chi connectivity index (χ3n) is 2.91. The Bertz CT molecular complexity index is 272. The Balaban J connectivity index is 2.97. The smallest absolute Gasteiger partial charge is 0.333 e. The van der Waals surface area contributed by atoms with Crippen LogP contribution < -0.4 is 0 Å². The highest BCUT2D eigenvalue weighted by Gasteiger charge is 2.38. The summed E-state index contributed by atoms with van der Waals surface area (Å²) in [5, 5.41) is 0. The van der Waals surface area contributed by atoms with Crippen LogP contribution in [0.1, 0.15) is 40.5 Å². The van der Waals surface area contributed by atoms with Gasteiger partial charge in [0.2, 0.25) is 0 Å². The quantitative estimate of drug-likeness (QED) is 0.603. The minimum Gasteiger partial charge on any atom is -0.466 e.